The molecule has 104 valence electrons. The van der Waals surface area contributed by atoms with Crippen molar-refractivity contribution in [3.05, 3.63) is 0 Å². The number of aliphatic carboxylic acids is 1. The highest BCUT2D eigenvalue weighted by atomic mass is 32.2. The van der Waals surface area contributed by atoms with Crippen LogP contribution in [-0.2, 0) is 9.59 Å². The van der Waals surface area contributed by atoms with E-state index in [4.69, 9.17) is 5.11 Å². The molecule has 0 aromatic rings. The normalized spacial score (nSPS) is 25.0. The average molecular weight is 273 g/mol. The maximum absolute atomic E-state index is 12.1. The van der Waals surface area contributed by atoms with Crippen LogP contribution in [-0.4, -0.2) is 45.5 Å². The van der Waals surface area contributed by atoms with Gasteiger partial charge in [-0.3, -0.25) is 9.59 Å². The minimum Gasteiger partial charge on any atom is -0.481 e. The van der Waals surface area contributed by atoms with E-state index in [9.17, 15) is 9.59 Å². The molecule has 2 atom stereocenters. The number of likely N-dealkylation sites (tertiary alicyclic amines) is 1. The van der Waals surface area contributed by atoms with Crippen LogP contribution in [0.4, 0.5) is 0 Å². The van der Waals surface area contributed by atoms with Crippen molar-refractivity contribution in [2.24, 2.45) is 11.8 Å². The molecule has 1 amide bonds. The smallest absolute Gasteiger partial charge is 0.308 e. The molecule has 0 aliphatic carbocycles. The molecule has 4 nitrogen and oxygen atoms in total. The van der Waals surface area contributed by atoms with E-state index in [0.717, 1.165) is 0 Å². The number of rotatable bonds is 3. The van der Waals surface area contributed by atoms with Gasteiger partial charge < -0.3 is 10.0 Å². The van der Waals surface area contributed by atoms with Crippen LogP contribution >= 0.6 is 11.8 Å². The summed E-state index contributed by atoms with van der Waals surface area (Å²) in [7, 11) is 0. The van der Waals surface area contributed by atoms with Crippen LogP contribution in [0.1, 0.15) is 34.1 Å². The first-order valence-corrected chi connectivity index (χ1v) is 7.32. The van der Waals surface area contributed by atoms with Crippen LogP contribution in [0.5, 0.6) is 0 Å². The summed E-state index contributed by atoms with van der Waals surface area (Å²) in [4.78, 5) is 24.8. The Morgan fingerprint density at radius 2 is 1.94 bits per heavy atom. The molecule has 0 spiro atoms. The van der Waals surface area contributed by atoms with E-state index in [0.29, 0.717) is 25.3 Å². The van der Waals surface area contributed by atoms with Gasteiger partial charge in [-0.15, -0.1) is 11.8 Å². The Morgan fingerprint density at radius 3 is 2.44 bits per heavy atom. The predicted molar refractivity (Wildman–Crippen MR) is 73.7 cm³/mol. The standard InChI is InChI=1S/C13H23NO3S/c1-9-5-10(12(16)17)7-14(6-9)11(15)8-18-13(2,3)4/h9-10H,5-8H2,1-4H3,(H,16,17). The third kappa shape index (κ3) is 4.88. The largest absolute Gasteiger partial charge is 0.481 e. The average Bonchev–Trinajstić information content (AvgIpc) is 2.23. The van der Waals surface area contributed by atoms with E-state index in [1.807, 2.05) is 6.92 Å². The van der Waals surface area contributed by atoms with Crippen molar-refractivity contribution >= 4 is 23.6 Å². The lowest BCUT2D eigenvalue weighted by Gasteiger charge is -2.35. The zero-order valence-electron chi connectivity index (χ0n) is 11.6. The molecule has 18 heavy (non-hydrogen) atoms. The summed E-state index contributed by atoms with van der Waals surface area (Å²) in [6.07, 6.45) is 0.672. The summed E-state index contributed by atoms with van der Waals surface area (Å²) in [5.74, 6) is -0.431. The number of hydrogen-bond acceptors (Lipinski definition) is 3. The number of carboxylic acids is 1. The van der Waals surface area contributed by atoms with Crippen molar-refractivity contribution in [1.29, 1.82) is 0 Å². The van der Waals surface area contributed by atoms with Crippen LogP contribution < -0.4 is 0 Å². The van der Waals surface area contributed by atoms with Crippen LogP contribution in [0.25, 0.3) is 0 Å². The number of nitrogens with zero attached hydrogens (tertiary/aromatic N) is 1. The van der Waals surface area contributed by atoms with Gasteiger partial charge in [-0.25, -0.2) is 0 Å². The van der Waals surface area contributed by atoms with Gasteiger partial charge in [0.2, 0.25) is 5.91 Å². The van der Waals surface area contributed by atoms with Crippen molar-refractivity contribution in [3.63, 3.8) is 0 Å². The monoisotopic (exact) mass is 273 g/mol. The highest BCUT2D eigenvalue weighted by Gasteiger charge is 2.32. The predicted octanol–water partition coefficient (Wildman–Crippen LogP) is 2.09. The second-order valence-corrected chi connectivity index (χ2v) is 7.88. The second kappa shape index (κ2) is 5.95. The molecule has 1 rings (SSSR count). The van der Waals surface area contributed by atoms with Crippen LogP contribution in [0.15, 0.2) is 0 Å². The summed E-state index contributed by atoms with van der Waals surface area (Å²) < 4.78 is 0.0588. The Bertz CT molecular complexity index is 325. The van der Waals surface area contributed by atoms with Crippen molar-refractivity contribution < 1.29 is 14.7 Å². The molecule has 0 radical (unpaired) electrons. The Labute approximate surface area is 113 Å². The van der Waals surface area contributed by atoms with Crippen molar-refractivity contribution in [3.8, 4) is 0 Å². The lowest BCUT2D eigenvalue weighted by atomic mass is 9.90. The van der Waals surface area contributed by atoms with E-state index in [2.05, 4.69) is 20.8 Å². The molecular weight excluding hydrogens is 250 g/mol. The highest BCUT2D eigenvalue weighted by Crippen LogP contribution is 2.26. The van der Waals surface area contributed by atoms with Gasteiger partial charge in [0, 0.05) is 17.8 Å². The quantitative estimate of drug-likeness (QED) is 0.855. The Balaban J connectivity index is 2.54. The van der Waals surface area contributed by atoms with Gasteiger partial charge in [0.05, 0.1) is 11.7 Å². The summed E-state index contributed by atoms with van der Waals surface area (Å²) >= 11 is 1.61. The number of carbonyl (C=O) groups excluding carboxylic acids is 1. The third-order valence-corrected chi connectivity index (χ3v) is 4.25. The molecule has 5 heteroatoms. The zero-order chi connectivity index (χ0) is 13.9. The number of carboxylic acid groups (broad SMARTS) is 1. The molecule has 0 bridgehead atoms. The third-order valence-electron chi connectivity index (χ3n) is 2.99. The first-order valence-electron chi connectivity index (χ1n) is 6.33. The molecule has 1 fully saturated rings. The van der Waals surface area contributed by atoms with E-state index >= 15 is 0 Å². The van der Waals surface area contributed by atoms with Crippen molar-refractivity contribution in [2.75, 3.05) is 18.8 Å². The number of amides is 1. The van der Waals surface area contributed by atoms with E-state index in [1.165, 1.54) is 0 Å². The van der Waals surface area contributed by atoms with Gasteiger partial charge in [-0.1, -0.05) is 27.7 Å². The number of piperidine rings is 1. The van der Waals surface area contributed by atoms with Gasteiger partial charge in [0.15, 0.2) is 0 Å². The Hall–Kier alpha value is -0.710. The molecule has 0 saturated carbocycles. The van der Waals surface area contributed by atoms with Crippen molar-refractivity contribution in [1.82, 2.24) is 4.90 Å². The first kappa shape index (κ1) is 15.3. The molecule has 1 aliphatic rings. The summed E-state index contributed by atoms with van der Waals surface area (Å²) in [6.45, 7) is 9.28. The Morgan fingerprint density at radius 1 is 1.33 bits per heavy atom. The molecule has 2 unspecified atom stereocenters. The number of hydrogen-bond donors (Lipinski definition) is 1. The summed E-state index contributed by atoms with van der Waals surface area (Å²) in [5.41, 5.74) is 0. The minimum atomic E-state index is -0.789. The minimum absolute atomic E-state index is 0.0588. The van der Waals surface area contributed by atoms with Gasteiger partial charge in [-0.05, 0) is 12.3 Å². The topological polar surface area (TPSA) is 57.6 Å². The van der Waals surface area contributed by atoms with E-state index in [-0.39, 0.29) is 16.6 Å². The van der Waals surface area contributed by atoms with Gasteiger partial charge in [0.25, 0.3) is 0 Å². The van der Waals surface area contributed by atoms with Crippen molar-refractivity contribution in [2.45, 2.75) is 38.9 Å². The molecule has 0 aromatic carbocycles. The molecule has 1 heterocycles. The van der Waals surface area contributed by atoms with Crippen LogP contribution in [0.3, 0.4) is 0 Å². The summed E-state index contributed by atoms with van der Waals surface area (Å²) in [6, 6.07) is 0. The SMILES string of the molecule is CC1CC(C(=O)O)CN(C(=O)CSC(C)(C)C)C1. The molecular formula is C13H23NO3S. The lowest BCUT2D eigenvalue weighted by Crippen LogP contribution is -2.46. The highest BCUT2D eigenvalue weighted by molar-refractivity contribution is 8.01. The fourth-order valence-corrected chi connectivity index (χ4v) is 2.84. The summed E-state index contributed by atoms with van der Waals surface area (Å²) in [5, 5.41) is 9.07. The molecule has 1 saturated heterocycles. The number of thioether (sulfide) groups is 1. The molecule has 1 aliphatic heterocycles. The van der Waals surface area contributed by atoms with E-state index < -0.39 is 11.9 Å². The maximum atomic E-state index is 12.1. The fraction of sp³-hybridized carbons (Fsp3) is 0.846. The first-order chi connectivity index (χ1) is 8.19. The number of carbonyl (C=O) groups is 2. The van der Waals surface area contributed by atoms with Gasteiger partial charge >= 0.3 is 5.97 Å². The van der Waals surface area contributed by atoms with Crippen LogP contribution in [0, 0.1) is 11.8 Å². The van der Waals surface area contributed by atoms with Gasteiger partial charge in [0.1, 0.15) is 0 Å². The van der Waals surface area contributed by atoms with Crippen LogP contribution in [0.2, 0.25) is 0 Å². The fourth-order valence-electron chi connectivity index (χ4n) is 2.10. The second-order valence-electron chi connectivity index (χ2n) is 6.08. The molecule has 0 aromatic heterocycles. The Kier molecular flexibility index (Phi) is 5.08. The maximum Gasteiger partial charge on any atom is 0.308 e. The van der Waals surface area contributed by atoms with Gasteiger partial charge in [-0.2, -0.15) is 0 Å². The van der Waals surface area contributed by atoms with E-state index in [1.54, 1.807) is 16.7 Å². The molecule has 1 N–H and O–H groups in total. The zero-order valence-corrected chi connectivity index (χ0v) is 12.4. The lowest BCUT2D eigenvalue weighted by molar-refractivity contribution is -0.146.